The summed E-state index contributed by atoms with van der Waals surface area (Å²) in [5, 5.41) is 25.0. The highest BCUT2D eigenvalue weighted by Gasteiger charge is 2.41. The van der Waals surface area contributed by atoms with Gasteiger partial charge >= 0.3 is 23.9 Å². The van der Waals surface area contributed by atoms with E-state index in [1.165, 1.54) is 32.4 Å². The van der Waals surface area contributed by atoms with Gasteiger partial charge in [0.25, 0.3) is 12.9 Å². The number of urea groups is 1. The molecule has 2 unspecified atom stereocenters. The zero-order valence-corrected chi connectivity index (χ0v) is 61.0. The highest BCUT2D eigenvalue weighted by molar-refractivity contribution is 8.00. The SMILES string of the molecule is COC(=O)C(CCCCCC(=O)c1cc(NC(=O)NCCOCCOCCNC(=O)CN2CCN(COC=O)CCN(COC=O)CCN(CC(=O)O)CC2)cc(C(=O)CCCCCC(CC(=O)CCCC[C@@H]2SC[C@@H]3NC(N)=N[C@@H]32)C(=O)OC)c1)CC(=O)CCCC[C@@H]1SC[C@@H]2NC(N)=N[C@@H]21. The lowest BCUT2D eigenvalue weighted by Gasteiger charge is -2.33. The second-order valence-corrected chi connectivity index (χ2v) is 29.0. The van der Waals surface area contributed by atoms with Crippen molar-refractivity contribution in [1.29, 1.82) is 0 Å². The van der Waals surface area contributed by atoms with Crippen molar-refractivity contribution in [3.63, 3.8) is 0 Å². The Bertz CT molecular complexity index is 2810. The number of aliphatic imine (C=N–C) groups is 2. The van der Waals surface area contributed by atoms with Gasteiger partial charge in [0.1, 0.15) is 25.0 Å². The summed E-state index contributed by atoms with van der Waals surface area (Å²) in [5.41, 5.74) is 12.4. The molecule has 3 amide bonds. The molecule has 102 heavy (non-hydrogen) atoms. The van der Waals surface area contributed by atoms with Gasteiger partial charge in [0.2, 0.25) is 5.91 Å². The first-order valence-electron chi connectivity index (χ1n) is 35.9. The third kappa shape index (κ3) is 31.5. The number of carboxylic acid groups (broad SMARTS) is 1. The average Bonchev–Trinajstić information content (AvgIpc) is 1.65. The molecule has 0 radical (unpaired) electrons. The maximum absolute atomic E-state index is 13.9. The summed E-state index contributed by atoms with van der Waals surface area (Å²) in [6, 6.07) is 4.82. The van der Waals surface area contributed by atoms with Gasteiger partial charge in [-0.25, -0.2) is 14.8 Å². The summed E-state index contributed by atoms with van der Waals surface area (Å²) >= 11 is 3.76. The van der Waals surface area contributed by atoms with Crippen molar-refractivity contribution in [1.82, 2.24) is 40.9 Å². The number of carboxylic acids is 1. The number of hydrogen-bond donors (Lipinski definition) is 8. The van der Waals surface area contributed by atoms with Gasteiger partial charge in [0.05, 0.1) is 89.7 Å². The molecule has 0 aliphatic carbocycles. The molecule has 31 nitrogen and oxygen atoms in total. The zero-order chi connectivity index (χ0) is 73.4. The minimum Gasteiger partial charge on any atom is -0.480 e. The Balaban J connectivity index is 0.928. The summed E-state index contributed by atoms with van der Waals surface area (Å²) < 4.78 is 31.5. The number of methoxy groups -OCH3 is 2. The van der Waals surface area contributed by atoms with E-state index in [9.17, 15) is 57.8 Å². The van der Waals surface area contributed by atoms with Crippen LogP contribution in [-0.2, 0) is 66.8 Å². The van der Waals surface area contributed by atoms with Gasteiger partial charge in [-0.2, -0.15) is 23.5 Å². The fraction of sp³-hybridized carbons (Fsp3) is 0.725. The lowest BCUT2D eigenvalue weighted by Crippen LogP contribution is -2.49. The van der Waals surface area contributed by atoms with E-state index in [1.807, 2.05) is 38.2 Å². The number of carbonyl (C=O) groups excluding carboxylic acids is 10. The second-order valence-electron chi connectivity index (χ2n) is 26.4. The number of carbonyl (C=O) groups is 11. The number of Topliss-reactive ketones (excluding diaryl/α,β-unsaturated/α-hetero) is 4. The van der Waals surface area contributed by atoms with Crippen LogP contribution in [0.5, 0.6) is 0 Å². The molecule has 0 bridgehead atoms. The predicted octanol–water partition coefficient (Wildman–Crippen LogP) is 2.95. The van der Waals surface area contributed by atoms with Crippen molar-refractivity contribution < 1.29 is 86.3 Å². The molecule has 1 aromatic rings. The molecule has 1 aromatic carbocycles. The number of fused-ring (bicyclic) bond motifs is 2. The molecule has 5 aliphatic heterocycles. The molecule has 5 heterocycles. The van der Waals surface area contributed by atoms with Crippen LogP contribution in [0.3, 0.4) is 0 Å². The predicted molar refractivity (Wildman–Crippen MR) is 385 cm³/mol. The first-order valence-corrected chi connectivity index (χ1v) is 38.0. The number of hydrogen-bond acceptors (Lipinski definition) is 29. The number of nitrogens with two attached hydrogens (primary N) is 2. The maximum Gasteiger partial charge on any atom is 0.319 e. The van der Waals surface area contributed by atoms with E-state index in [0.717, 1.165) is 37.2 Å². The van der Waals surface area contributed by atoms with Crippen molar-refractivity contribution in [3.8, 4) is 0 Å². The Morgan fingerprint density at radius 2 is 1.00 bits per heavy atom. The molecular formula is C69H109N13O18S2. The Hall–Kier alpha value is -7.01. The van der Waals surface area contributed by atoms with E-state index >= 15 is 0 Å². The molecule has 3 fully saturated rings. The number of rotatable bonds is 50. The van der Waals surface area contributed by atoms with E-state index in [0.29, 0.717) is 165 Å². The summed E-state index contributed by atoms with van der Waals surface area (Å²) in [7, 11) is 2.62. The van der Waals surface area contributed by atoms with Crippen LogP contribution in [-0.4, -0.2) is 281 Å². The van der Waals surface area contributed by atoms with Crippen LogP contribution in [0.1, 0.15) is 149 Å². The number of benzene rings is 1. The van der Waals surface area contributed by atoms with E-state index in [4.69, 9.17) is 39.9 Å². The third-order valence-corrected chi connectivity index (χ3v) is 21.7. The van der Waals surface area contributed by atoms with Crippen LogP contribution < -0.4 is 38.1 Å². The molecule has 3 saturated heterocycles. The fourth-order valence-corrected chi connectivity index (χ4v) is 16.2. The van der Waals surface area contributed by atoms with Crippen LogP contribution in [0, 0.1) is 11.8 Å². The number of amides is 3. The lowest BCUT2D eigenvalue weighted by atomic mass is 9.92. The number of ketones is 4. The largest absolute Gasteiger partial charge is 0.480 e. The normalized spacial score (nSPS) is 20.8. The third-order valence-electron chi connectivity index (χ3n) is 18.7. The standard InChI is InChI=1S/C69H109N13O18S2/c1-95-65(92)48(38-53(85)15-9-11-19-59-63-55(42-101-59)75-67(70)77-63)13-5-3-7-17-57(87)50-35-51(58(88)18-8-4-6-14-49(66(93)96-2)39-54(86)16-10-12-20-60-64-56(43-102-60)76-68(71)78-64)37-52(36-50)74-69(94)73-22-32-98-34-33-97-31-21-72-61(89)40-79-23-24-80(41-62(90)91)26-28-82(45-100-47-84)30-29-81(27-25-79)44-99-46-83/h35-37,46-49,55-56,59-60,63-64H,3-34,38-45H2,1-2H3,(H,72,89)(H,90,91)(H3,70,75,77)(H3,71,76,78)(H2,73,74,94)/t48?,49?,55-,56-,59-,60-,63-,64-/m0/s1. The molecule has 33 heteroatoms. The van der Waals surface area contributed by atoms with Crippen LogP contribution in [0.15, 0.2) is 28.2 Å². The van der Waals surface area contributed by atoms with Crippen LogP contribution in [0.2, 0.25) is 0 Å². The van der Waals surface area contributed by atoms with Crippen LogP contribution >= 0.6 is 23.5 Å². The van der Waals surface area contributed by atoms with Gasteiger partial charge < -0.3 is 71.6 Å². The van der Waals surface area contributed by atoms with Crippen LogP contribution in [0.25, 0.3) is 0 Å². The second kappa shape index (κ2) is 47.4. The molecule has 6 rings (SSSR count). The van der Waals surface area contributed by atoms with Crippen molar-refractivity contribution in [2.24, 2.45) is 33.3 Å². The molecular weight excluding hydrogens is 1360 g/mol. The molecule has 570 valence electrons. The van der Waals surface area contributed by atoms with Crippen molar-refractivity contribution in [2.75, 3.05) is 149 Å². The number of anilines is 1. The van der Waals surface area contributed by atoms with Gasteiger partial charge in [-0.05, 0) is 69.6 Å². The summed E-state index contributed by atoms with van der Waals surface area (Å²) in [5.74, 6) is -0.984. The number of thioether (sulfide) groups is 2. The molecule has 8 atom stereocenters. The van der Waals surface area contributed by atoms with E-state index < -0.39 is 35.8 Å². The Labute approximate surface area is 606 Å². The number of guanidine groups is 2. The van der Waals surface area contributed by atoms with Gasteiger partial charge in [0, 0.05) is 143 Å². The number of nitrogens with zero attached hydrogens (tertiary/aromatic N) is 6. The first-order chi connectivity index (χ1) is 49.3. The van der Waals surface area contributed by atoms with Crippen LogP contribution in [0.4, 0.5) is 10.5 Å². The van der Waals surface area contributed by atoms with Gasteiger partial charge in [-0.1, -0.05) is 38.5 Å². The number of nitrogens with one attached hydrogen (secondary N) is 5. The number of ether oxygens (including phenoxy) is 6. The topological polar surface area (TPSA) is 413 Å². The van der Waals surface area contributed by atoms with Gasteiger partial charge in [-0.15, -0.1) is 0 Å². The smallest absolute Gasteiger partial charge is 0.319 e. The summed E-state index contributed by atoms with van der Waals surface area (Å²) in [6.07, 6.45) is 10.2. The van der Waals surface area contributed by atoms with Gasteiger partial charge in [0.15, 0.2) is 23.5 Å². The number of unbranched alkanes of at least 4 members (excludes halogenated alkanes) is 6. The van der Waals surface area contributed by atoms with Crippen molar-refractivity contribution in [2.45, 2.75) is 163 Å². The monoisotopic (exact) mass is 1470 g/mol. The Morgan fingerprint density at radius 3 is 1.44 bits per heavy atom. The molecule has 0 spiro atoms. The average molecular weight is 1470 g/mol. The Kier molecular flexibility index (Phi) is 39.0. The number of esters is 2. The zero-order valence-electron chi connectivity index (χ0n) is 59.3. The van der Waals surface area contributed by atoms with Crippen molar-refractivity contribution in [3.05, 3.63) is 29.3 Å². The molecule has 0 aromatic heterocycles. The van der Waals surface area contributed by atoms with Gasteiger partial charge in [-0.3, -0.25) is 67.5 Å². The maximum atomic E-state index is 13.9. The number of aliphatic carboxylic acids is 1. The fourth-order valence-electron chi connectivity index (χ4n) is 13.2. The highest BCUT2D eigenvalue weighted by atomic mass is 32.2. The highest BCUT2D eigenvalue weighted by Crippen LogP contribution is 2.37. The first kappa shape index (κ1) is 83.9. The minimum absolute atomic E-state index is 0.00386. The lowest BCUT2D eigenvalue weighted by molar-refractivity contribution is -0.148. The summed E-state index contributed by atoms with van der Waals surface area (Å²) in [6.45, 7) is 4.69. The molecule has 10 N–H and O–H groups in total. The molecule has 0 saturated carbocycles. The van der Waals surface area contributed by atoms with E-state index in [1.54, 1.807) is 4.90 Å². The quantitative estimate of drug-likeness (QED) is 0.0153. The van der Waals surface area contributed by atoms with E-state index in [2.05, 4.69) is 36.6 Å². The Morgan fingerprint density at radius 1 is 0.569 bits per heavy atom. The summed E-state index contributed by atoms with van der Waals surface area (Å²) in [4.78, 5) is 156. The molecule has 5 aliphatic rings. The van der Waals surface area contributed by atoms with Crippen molar-refractivity contribution >= 4 is 107 Å². The minimum atomic E-state index is -1.00. The van der Waals surface area contributed by atoms with E-state index in [-0.39, 0.29) is 162 Å².